The molecule has 0 bridgehead atoms. The van der Waals surface area contributed by atoms with Crippen LogP contribution < -0.4 is 11.1 Å². The van der Waals surface area contributed by atoms with Crippen LogP contribution in [0.3, 0.4) is 0 Å². The van der Waals surface area contributed by atoms with Crippen molar-refractivity contribution in [3.8, 4) is 0 Å². The normalized spacial score (nSPS) is 12.3. The molecule has 0 heterocycles. The molecule has 1 aromatic rings. The van der Waals surface area contributed by atoms with Gasteiger partial charge in [-0.1, -0.05) is 17.7 Å². The third-order valence-corrected chi connectivity index (χ3v) is 2.36. The van der Waals surface area contributed by atoms with Crippen molar-refractivity contribution in [2.75, 3.05) is 6.54 Å². The first kappa shape index (κ1) is 11.7. The fraction of sp³-hybridized carbons (Fsp3) is 0.417. The molecule has 0 aliphatic heterocycles. The molecule has 0 aliphatic carbocycles. The lowest BCUT2D eigenvalue weighted by Crippen LogP contribution is -2.38. The molecule has 3 heteroatoms. The molecule has 0 aromatic heterocycles. The molecular weight excluding hydrogens is 188 g/mol. The molecule has 3 nitrogen and oxygen atoms in total. The van der Waals surface area contributed by atoms with Gasteiger partial charge in [-0.3, -0.25) is 4.79 Å². The molecule has 15 heavy (non-hydrogen) atoms. The van der Waals surface area contributed by atoms with Crippen molar-refractivity contribution in [1.82, 2.24) is 5.32 Å². The topological polar surface area (TPSA) is 55.1 Å². The maximum Gasteiger partial charge on any atom is 0.251 e. The highest BCUT2D eigenvalue weighted by molar-refractivity contribution is 5.95. The van der Waals surface area contributed by atoms with E-state index in [-0.39, 0.29) is 11.9 Å². The quantitative estimate of drug-likeness (QED) is 0.785. The summed E-state index contributed by atoms with van der Waals surface area (Å²) in [5.74, 6) is -0.0505. The van der Waals surface area contributed by atoms with Crippen molar-refractivity contribution in [1.29, 1.82) is 0 Å². The molecule has 1 amide bonds. The zero-order valence-corrected chi connectivity index (χ0v) is 9.50. The average Bonchev–Trinajstić information content (AvgIpc) is 2.17. The van der Waals surface area contributed by atoms with Crippen LogP contribution in [-0.2, 0) is 0 Å². The van der Waals surface area contributed by atoms with Gasteiger partial charge in [0.1, 0.15) is 0 Å². The smallest absolute Gasteiger partial charge is 0.251 e. The number of hydrogen-bond donors (Lipinski definition) is 2. The largest absolute Gasteiger partial charge is 0.348 e. The number of hydrogen-bond acceptors (Lipinski definition) is 2. The number of nitrogens with two attached hydrogens (primary N) is 1. The summed E-state index contributed by atoms with van der Waals surface area (Å²) in [4.78, 5) is 11.8. The Morgan fingerprint density at radius 1 is 1.47 bits per heavy atom. The van der Waals surface area contributed by atoms with Crippen LogP contribution in [0.4, 0.5) is 0 Å². The number of amides is 1. The van der Waals surface area contributed by atoms with Gasteiger partial charge < -0.3 is 11.1 Å². The Morgan fingerprint density at radius 2 is 2.13 bits per heavy atom. The van der Waals surface area contributed by atoms with Crippen LogP contribution in [0.1, 0.15) is 28.4 Å². The number of rotatable bonds is 3. The van der Waals surface area contributed by atoms with Crippen molar-refractivity contribution in [3.63, 3.8) is 0 Å². The van der Waals surface area contributed by atoms with Gasteiger partial charge in [0.15, 0.2) is 0 Å². The molecule has 0 aliphatic rings. The zero-order chi connectivity index (χ0) is 11.4. The summed E-state index contributed by atoms with van der Waals surface area (Å²) < 4.78 is 0. The molecule has 1 rings (SSSR count). The number of aryl methyl sites for hydroxylation is 2. The summed E-state index contributed by atoms with van der Waals surface area (Å²) in [6, 6.07) is 5.80. The SMILES string of the molecule is Cc1ccc(C(=O)N[C@H](C)CN)c(C)c1. The molecular formula is C12H18N2O. The van der Waals surface area contributed by atoms with Crippen LogP contribution in [0, 0.1) is 13.8 Å². The van der Waals surface area contributed by atoms with Gasteiger partial charge in [0.05, 0.1) is 0 Å². The lowest BCUT2D eigenvalue weighted by Gasteiger charge is -2.12. The van der Waals surface area contributed by atoms with Crippen LogP contribution in [0.5, 0.6) is 0 Å². The lowest BCUT2D eigenvalue weighted by molar-refractivity contribution is 0.0940. The van der Waals surface area contributed by atoms with Crippen molar-refractivity contribution >= 4 is 5.91 Å². The van der Waals surface area contributed by atoms with Crippen LogP contribution in [-0.4, -0.2) is 18.5 Å². The Bertz CT molecular complexity index is 361. The second-order valence-corrected chi connectivity index (χ2v) is 3.93. The van der Waals surface area contributed by atoms with Crippen LogP contribution >= 0.6 is 0 Å². The Balaban J connectivity index is 2.82. The van der Waals surface area contributed by atoms with E-state index in [1.54, 1.807) is 0 Å². The Labute approximate surface area is 90.7 Å². The molecule has 0 fully saturated rings. The summed E-state index contributed by atoms with van der Waals surface area (Å²) in [6.45, 7) is 6.30. The van der Waals surface area contributed by atoms with E-state index in [0.29, 0.717) is 6.54 Å². The van der Waals surface area contributed by atoms with Crippen LogP contribution in [0.2, 0.25) is 0 Å². The van der Waals surface area contributed by atoms with E-state index in [1.165, 1.54) is 0 Å². The first-order valence-electron chi connectivity index (χ1n) is 5.12. The maximum atomic E-state index is 11.8. The van der Waals surface area contributed by atoms with Crippen LogP contribution in [0.25, 0.3) is 0 Å². The molecule has 0 unspecified atom stereocenters. The third kappa shape index (κ3) is 3.06. The predicted octanol–water partition coefficient (Wildman–Crippen LogP) is 1.38. The van der Waals surface area contributed by atoms with Gasteiger partial charge in [-0.05, 0) is 32.4 Å². The van der Waals surface area contributed by atoms with Gasteiger partial charge in [-0.15, -0.1) is 0 Å². The van der Waals surface area contributed by atoms with E-state index in [0.717, 1.165) is 16.7 Å². The minimum absolute atomic E-state index is 0.0122. The highest BCUT2D eigenvalue weighted by atomic mass is 16.1. The zero-order valence-electron chi connectivity index (χ0n) is 9.50. The van der Waals surface area contributed by atoms with E-state index in [1.807, 2.05) is 39.0 Å². The van der Waals surface area contributed by atoms with Gasteiger partial charge in [-0.25, -0.2) is 0 Å². The van der Waals surface area contributed by atoms with Crippen molar-refractivity contribution < 1.29 is 4.79 Å². The summed E-state index contributed by atoms with van der Waals surface area (Å²) in [6.07, 6.45) is 0. The van der Waals surface area contributed by atoms with Gasteiger partial charge in [-0.2, -0.15) is 0 Å². The average molecular weight is 206 g/mol. The fourth-order valence-corrected chi connectivity index (χ4v) is 1.43. The molecule has 0 radical (unpaired) electrons. The predicted molar refractivity (Wildman–Crippen MR) is 61.9 cm³/mol. The van der Waals surface area contributed by atoms with E-state index >= 15 is 0 Å². The van der Waals surface area contributed by atoms with Crippen LogP contribution in [0.15, 0.2) is 18.2 Å². The minimum Gasteiger partial charge on any atom is -0.348 e. The summed E-state index contributed by atoms with van der Waals surface area (Å²) >= 11 is 0. The molecule has 0 spiro atoms. The highest BCUT2D eigenvalue weighted by Crippen LogP contribution is 2.10. The second kappa shape index (κ2) is 4.94. The maximum absolute atomic E-state index is 11.8. The van der Waals surface area contributed by atoms with E-state index in [2.05, 4.69) is 5.32 Å². The Kier molecular flexibility index (Phi) is 3.86. The van der Waals surface area contributed by atoms with Crippen molar-refractivity contribution in [2.45, 2.75) is 26.8 Å². The molecule has 1 atom stereocenters. The lowest BCUT2D eigenvalue weighted by atomic mass is 10.1. The Morgan fingerprint density at radius 3 is 2.67 bits per heavy atom. The number of nitrogens with one attached hydrogen (secondary N) is 1. The Hall–Kier alpha value is -1.35. The first-order chi connectivity index (χ1) is 7.04. The standard InChI is InChI=1S/C12H18N2O/c1-8-4-5-11(9(2)6-8)12(15)14-10(3)7-13/h4-6,10H,7,13H2,1-3H3,(H,14,15)/t10-/m1/s1. The highest BCUT2D eigenvalue weighted by Gasteiger charge is 2.10. The first-order valence-corrected chi connectivity index (χ1v) is 5.12. The van der Waals surface area contributed by atoms with E-state index in [9.17, 15) is 4.79 Å². The molecule has 0 saturated carbocycles. The van der Waals surface area contributed by atoms with E-state index in [4.69, 9.17) is 5.73 Å². The number of benzene rings is 1. The van der Waals surface area contributed by atoms with Crippen molar-refractivity contribution in [3.05, 3.63) is 34.9 Å². The molecule has 0 saturated heterocycles. The monoisotopic (exact) mass is 206 g/mol. The summed E-state index contributed by atoms with van der Waals surface area (Å²) in [5.41, 5.74) is 8.33. The van der Waals surface area contributed by atoms with Gasteiger partial charge in [0, 0.05) is 18.2 Å². The van der Waals surface area contributed by atoms with E-state index < -0.39 is 0 Å². The number of carbonyl (C=O) groups is 1. The fourth-order valence-electron chi connectivity index (χ4n) is 1.43. The number of carbonyl (C=O) groups excluding carboxylic acids is 1. The summed E-state index contributed by atoms with van der Waals surface area (Å²) in [5, 5.41) is 2.84. The van der Waals surface area contributed by atoms with Gasteiger partial charge >= 0.3 is 0 Å². The molecule has 1 aromatic carbocycles. The molecule has 82 valence electrons. The minimum atomic E-state index is -0.0505. The third-order valence-electron chi connectivity index (χ3n) is 2.36. The van der Waals surface area contributed by atoms with Gasteiger partial charge in [0.2, 0.25) is 0 Å². The summed E-state index contributed by atoms with van der Waals surface area (Å²) in [7, 11) is 0. The van der Waals surface area contributed by atoms with Gasteiger partial charge in [0.25, 0.3) is 5.91 Å². The second-order valence-electron chi connectivity index (χ2n) is 3.93. The molecule has 3 N–H and O–H groups in total. The van der Waals surface area contributed by atoms with Crippen molar-refractivity contribution in [2.24, 2.45) is 5.73 Å².